The molecular weight excluding hydrogens is 598 g/mol. The Labute approximate surface area is 255 Å². The molecule has 1 aromatic heterocycles. The summed E-state index contributed by atoms with van der Waals surface area (Å²) in [5, 5.41) is 6.26. The van der Waals surface area contributed by atoms with Crippen LogP contribution < -0.4 is 21.1 Å². The molecule has 1 heterocycles. The highest BCUT2D eigenvalue weighted by molar-refractivity contribution is 6.31. The number of nitrogens with zero attached hydrogens (tertiary/aromatic N) is 1. The molecule has 1 unspecified atom stereocenters. The molecule has 0 bridgehead atoms. The van der Waals surface area contributed by atoms with Gasteiger partial charge in [-0.15, -0.1) is 24.8 Å². The number of aromatic nitrogens is 1. The molecule has 1 atom stereocenters. The number of halogens is 4. The molecule has 1 aliphatic rings. The smallest absolute Gasteiger partial charge is 0.259 e. The van der Waals surface area contributed by atoms with Crippen molar-refractivity contribution in [1.82, 2.24) is 4.98 Å². The summed E-state index contributed by atoms with van der Waals surface area (Å²) in [5.41, 5.74) is 7.52. The van der Waals surface area contributed by atoms with E-state index in [0.717, 1.165) is 5.56 Å². The van der Waals surface area contributed by atoms with Crippen molar-refractivity contribution in [3.63, 3.8) is 0 Å². The first-order chi connectivity index (χ1) is 18.2. The van der Waals surface area contributed by atoms with E-state index in [1.165, 1.54) is 12.3 Å². The van der Waals surface area contributed by atoms with Crippen LogP contribution in [0.3, 0.4) is 0 Å². The highest BCUT2D eigenvalue weighted by Gasteiger charge is 2.24. The van der Waals surface area contributed by atoms with Gasteiger partial charge in [-0.1, -0.05) is 36.2 Å². The lowest BCUT2D eigenvalue weighted by Gasteiger charge is -2.24. The van der Waals surface area contributed by atoms with E-state index in [0.29, 0.717) is 59.4 Å². The average molecular weight is 628 g/mol. The van der Waals surface area contributed by atoms with Gasteiger partial charge >= 0.3 is 0 Å². The summed E-state index contributed by atoms with van der Waals surface area (Å²) >= 11 is 12.0. The first-order valence-corrected chi connectivity index (χ1v) is 13.0. The number of carbonyl (C=O) groups is 3. The molecule has 0 radical (unpaired) electrons. The number of amides is 2. The molecule has 0 aliphatic heterocycles. The van der Waals surface area contributed by atoms with Crippen molar-refractivity contribution < 1.29 is 19.1 Å². The van der Waals surface area contributed by atoms with E-state index in [9.17, 15) is 14.4 Å². The number of nitrogens with two attached hydrogens (primary N) is 1. The van der Waals surface area contributed by atoms with E-state index >= 15 is 0 Å². The second-order valence-electron chi connectivity index (χ2n) is 9.21. The standard InChI is InChI=1S/C28H28Cl2N4O4.2ClH/c1-16(14-31)17-2-9-22(25(12-17)38-21-7-5-20(35)6-8-21)27(36)33-24-10-3-18(29)13-23(24)28(37)34-26-11-4-19(30)15-32-26;;/h2-4,9-13,15-16,21H,5-8,14,31H2,1H3,(H,33,36)(H,32,34,37);2*1H. The summed E-state index contributed by atoms with van der Waals surface area (Å²) in [6.45, 7) is 2.43. The monoisotopic (exact) mass is 626 g/mol. The zero-order chi connectivity index (χ0) is 27.2. The summed E-state index contributed by atoms with van der Waals surface area (Å²) in [6, 6.07) is 13.1. The summed E-state index contributed by atoms with van der Waals surface area (Å²) in [7, 11) is 0. The minimum absolute atomic E-state index is 0. The lowest BCUT2D eigenvalue weighted by molar-refractivity contribution is -0.121. The minimum atomic E-state index is -0.506. The van der Waals surface area contributed by atoms with Crippen LogP contribution in [-0.2, 0) is 4.79 Å². The van der Waals surface area contributed by atoms with Gasteiger partial charge < -0.3 is 21.1 Å². The van der Waals surface area contributed by atoms with Crippen LogP contribution >= 0.6 is 48.0 Å². The molecule has 40 heavy (non-hydrogen) atoms. The minimum Gasteiger partial charge on any atom is -0.490 e. The molecule has 12 heteroatoms. The topological polar surface area (TPSA) is 123 Å². The summed E-state index contributed by atoms with van der Waals surface area (Å²) in [4.78, 5) is 42.3. The second-order valence-corrected chi connectivity index (χ2v) is 10.1. The number of hydrogen-bond acceptors (Lipinski definition) is 6. The van der Waals surface area contributed by atoms with Crippen molar-refractivity contribution in [2.24, 2.45) is 5.73 Å². The quantitative estimate of drug-likeness (QED) is 0.256. The first-order valence-electron chi connectivity index (χ1n) is 12.3. The van der Waals surface area contributed by atoms with Gasteiger partial charge in [0.1, 0.15) is 17.4 Å². The number of carbonyl (C=O) groups excluding carboxylic acids is 3. The van der Waals surface area contributed by atoms with Crippen LogP contribution in [-0.4, -0.2) is 35.2 Å². The van der Waals surface area contributed by atoms with Crippen molar-refractivity contribution >= 4 is 77.1 Å². The Morgan fingerprint density at radius 3 is 2.30 bits per heavy atom. The highest BCUT2D eigenvalue weighted by Crippen LogP contribution is 2.30. The van der Waals surface area contributed by atoms with Crippen LogP contribution in [0.15, 0.2) is 54.7 Å². The van der Waals surface area contributed by atoms with E-state index in [1.54, 1.807) is 30.3 Å². The van der Waals surface area contributed by atoms with E-state index in [-0.39, 0.29) is 53.9 Å². The second kappa shape index (κ2) is 15.2. The molecule has 1 saturated carbocycles. The van der Waals surface area contributed by atoms with Crippen LogP contribution in [0.4, 0.5) is 11.5 Å². The molecular formula is C28H30Cl4N4O4. The van der Waals surface area contributed by atoms with Gasteiger partial charge in [-0.25, -0.2) is 4.98 Å². The Kier molecular flexibility index (Phi) is 12.7. The fourth-order valence-corrected chi connectivity index (χ4v) is 4.40. The molecule has 0 spiro atoms. The van der Waals surface area contributed by atoms with E-state index in [1.807, 2.05) is 19.1 Å². The first kappa shape index (κ1) is 33.3. The van der Waals surface area contributed by atoms with E-state index in [4.69, 9.17) is 33.7 Å². The predicted octanol–water partition coefficient (Wildman–Crippen LogP) is 6.69. The number of ketones is 1. The number of benzene rings is 2. The van der Waals surface area contributed by atoms with Gasteiger partial charge in [0.05, 0.1) is 27.9 Å². The molecule has 4 rings (SSSR count). The van der Waals surface area contributed by atoms with Crippen LogP contribution in [0.5, 0.6) is 5.75 Å². The van der Waals surface area contributed by atoms with Gasteiger partial charge in [-0.2, -0.15) is 0 Å². The Morgan fingerprint density at radius 1 is 0.975 bits per heavy atom. The van der Waals surface area contributed by atoms with Gasteiger partial charge in [-0.05, 0) is 73.3 Å². The third-order valence-corrected chi connectivity index (χ3v) is 6.86. The summed E-state index contributed by atoms with van der Waals surface area (Å²) in [5.74, 6) is 0.0203. The van der Waals surface area contributed by atoms with Crippen molar-refractivity contribution in [2.45, 2.75) is 44.6 Å². The summed E-state index contributed by atoms with van der Waals surface area (Å²) in [6.07, 6.45) is 3.34. The van der Waals surface area contributed by atoms with Crippen molar-refractivity contribution in [2.75, 3.05) is 17.2 Å². The predicted molar refractivity (Wildman–Crippen MR) is 163 cm³/mol. The Bertz CT molecular complexity index is 1340. The maximum atomic E-state index is 13.5. The van der Waals surface area contributed by atoms with Crippen LogP contribution in [0, 0.1) is 0 Å². The zero-order valence-electron chi connectivity index (χ0n) is 21.6. The van der Waals surface area contributed by atoms with Crippen molar-refractivity contribution in [3.8, 4) is 5.75 Å². The van der Waals surface area contributed by atoms with Gasteiger partial charge in [0.2, 0.25) is 0 Å². The third-order valence-electron chi connectivity index (χ3n) is 6.40. The summed E-state index contributed by atoms with van der Waals surface area (Å²) < 4.78 is 6.24. The van der Waals surface area contributed by atoms with Crippen LogP contribution in [0.2, 0.25) is 10.0 Å². The Balaban J connectivity index is 0.00000280. The van der Waals surface area contributed by atoms with Crippen LogP contribution in [0.1, 0.15) is 64.8 Å². The molecule has 2 aromatic carbocycles. The number of ether oxygens (including phenoxy) is 1. The molecule has 3 aromatic rings. The van der Waals surface area contributed by atoms with Gasteiger partial charge in [0, 0.05) is 24.1 Å². The SMILES string of the molecule is CC(CN)c1ccc(C(=O)Nc2ccc(Cl)cc2C(=O)Nc2ccc(Cl)cn2)c(OC2CCC(=O)CC2)c1.Cl.Cl. The molecule has 1 aliphatic carbocycles. The van der Waals surface area contributed by atoms with Gasteiger partial charge in [0.25, 0.3) is 11.8 Å². The number of Topliss-reactive ketones (excluding diaryl/α,β-unsaturated/α-hetero) is 1. The van der Waals surface area contributed by atoms with Gasteiger partial charge in [-0.3, -0.25) is 14.4 Å². The number of rotatable bonds is 8. The molecule has 2 amide bonds. The van der Waals surface area contributed by atoms with Crippen molar-refractivity contribution in [3.05, 3.63) is 81.5 Å². The van der Waals surface area contributed by atoms with E-state index in [2.05, 4.69) is 15.6 Å². The highest BCUT2D eigenvalue weighted by atomic mass is 35.5. The average Bonchev–Trinajstić information content (AvgIpc) is 2.91. The molecule has 1 fully saturated rings. The maximum Gasteiger partial charge on any atom is 0.259 e. The lowest BCUT2D eigenvalue weighted by atomic mass is 9.96. The number of hydrogen-bond donors (Lipinski definition) is 3. The normalized spacial score (nSPS) is 13.8. The Hall–Kier alpha value is -2.88. The molecule has 8 nitrogen and oxygen atoms in total. The fourth-order valence-electron chi connectivity index (χ4n) is 4.11. The van der Waals surface area contributed by atoms with E-state index < -0.39 is 11.8 Å². The van der Waals surface area contributed by atoms with Crippen LogP contribution in [0.25, 0.3) is 0 Å². The molecule has 214 valence electrons. The lowest BCUT2D eigenvalue weighted by Crippen LogP contribution is -2.26. The zero-order valence-corrected chi connectivity index (χ0v) is 24.8. The number of pyridine rings is 1. The number of nitrogens with one attached hydrogen (secondary N) is 2. The van der Waals surface area contributed by atoms with Crippen molar-refractivity contribution in [1.29, 1.82) is 0 Å². The third kappa shape index (κ3) is 8.56. The largest absolute Gasteiger partial charge is 0.490 e. The molecule has 4 N–H and O–H groups in total. The fraction of sp³-hybridized carbons (Fsp3) is 0.286. The molecule has 0 saturated heterocycles. The number of anilines is 2. The maximum absolute atomic E-state index is 13.5. The Morgan fingerprint density at radius 2 is 1.65 bits per heavy atom. The van der Waals surface area contributed by atoms with Gasteiger partial charge in [0.15, 0.2) is 0 Å².